The van der Waals surface area contributed by atoms with Crippen molar-refractivity contribution in [3.05, 3.63) is 34.3 Å². The van der Waals surface area contributed by atoms with Crippen LogP contribution in [0.5, 0.6) is 0 Å². The fraction of sp³-hybridized carbons (Fsp3) is 0.417. The molecule has 1 aliphatic heterocycles. The Bertz CT molecular complexity index is 413. The summed E-state index contributed by atoms with van der Waals surface area (Å²) in [5.41, 5.74) is 1.59. The molecule has 0 bridgehead atoms. The van der Waals surface area contributed by atoms with Crippen LogP contribution in [-0.2, 0) is 0 Å². The van der Waals surface area contributed by atoms with Gasteiger partial charge in [0.2, 0.25) is 0 Å². The number of likely N-dealkylation sites (tertiary alicyclic amines) is 1. The highest BCUT2D eigenvalue weighted by Crippen LogP contribution is 2.21. The van der Waals surface area contributed by atoms with Crippen LogP contribution in [0, 0.1) is 12.8 Å². The van der Waals surface area contributed by atoms with Crippen molar-refractivity contribution in [2.45, 2.75) is 6.92 Å². The first-order chi connectivity index (χ1) is 7.61. The van der Waals surface area contributed by atoms with Gasteiger partial charge in [-0.25, -0.2) is 0 Å². The highest BCUT2D eigenvalue weighted by molar-refractivity contribution is 6.30. The maximum atomic E-state index is 12.0. The first-order valence-corrected chi connectivity index (χ1v) is 5.66. The molecule has 1 amide bonds. The molecule has 0 atom stereocenters. The Balaban J connectivity index is 2.10. The summed E-state index contributed by atoms with van der Waals surface area (Å²) in [7, 11) is 0. The molecule has 1 N–H and O–H groups in total. The highest BCUT2D eigenvalue weighted by Gasteiger charge is 2.30. The number of halogens is 1. The predicted molar refractivity (Wildman–Crippen MR) is 62.7 cm³/mol. The highest BCUT2D eigenvalue weighted by atomic mass is 35.5. The van der Waals surface area contributed by atoms with Gasteiger partial charge in [0, 0.05) is 36.2 Å². The van der Waals surface area contributed by atoms with Gasteiger partial charge in [-0.2, -0.15) is 0 Å². The maximum absolute atomic E-state index is 12.0. The molecule has 1 fully saturated rings. The number of amides is 1. The van der Waals surface area contributed by atoms with E-state index in [1.807, 2.05) is 6.92 Å². The number of aryl methyl sites for hydroxylation is 1. The molecule has 3 nitrogen and oxygen atoms in total. The van der Waals surface area contributed by atoms with Gasteiger partial charge in [-0.15, -0.1) is 0 Å². The van der Waals surface area contributed by atoms with Crippen LogP contribution < -0.4 is 0 Å². The van der Waals surface area contributed by atoms with Crippen molar-refractivity contribution in [1.29, 1.82) is 0 Å². The largest absolute Gasteiger partial charge is 0.396 e. The average molecular weight is 240 g/mol. The van der Waals surface area contributed by atoms with Crippen LogP contribution in [0.1, 0.15) is 15.9 Å². The van der Waals surface area contributed by atoms with Gasteiger partial charge in [-0.1, -0.05) is 11.6 Å². The maximum Gasteiger partial charge on any atom is 0.254 e. The minimum Gasteiger partial charge on any atom is -0.396 e. The molecule has 1 heterocycles. The summed E-state index contributed by atoms with van der Waals surface area (Å²) < 4.78 is 0. The van der Waals surface area contributed by atoms with Crippen molar-refractivity contribution in [1.82, 2.24) is 4.90 Å². The molecular formula is C12H14ClNO2. The lowest BCUT2D eigenvalue weighted by molar-refractivity contribution is 0.0361. The Morgan fingerprint density at radius 2 is 2.25 bits per heavy atom. The van der Waals surface area contributed by atoms with E-state index in [9.17, 15) is 4.79 Å². The number of carbonyl (C=O) groups is 1. The Morgan fingerprint density at radius 3 is 2.81 bits per heavy atom. The van der Waals surface area contributed by atoms with Gasteiger partial charge in [0.15, 0.2) is 0 Å². The summed E-state index contributed by atoms with van der Waals surface area (Å²) >= 11 is 5.84. The van der Waals surface area contributed by atoms with Gasteiger partial charge in [-0.05, 0) is 30.7 Å². The lowest BCUT2D eigenvalue weighted by Gasteiger charge is -2.38. The van der Waals surface area contributed by atoms with Crippen LogP contribution in [-0.4, -0.2) is 35.6 Å². The molecule has 1 aromatic carbocycles. The molecule has 0 spiro atoms. The van der Waals surface area contributed by atoms with Gasteiger partial charge in [0.1, 0.15) is 0 Å². The second-order valence-corrected chi connectivity index (χ2v) is 4.65. The van der Waals surface area contributed by atoms with E-state index in [2.05, 4.69) is 0 Å². The van der Waals surface area contributed by atoms with E-state index < -0.39 is 0 Å². The number of hydrogen-bond donors (Lipinski definition) is 1. The number of benzene rings is 1. The first-order valence-electron chi connectivity index (χ1n) is 5.28. The number of hydrogen-bond acceptors (Lipinski definition) is 2. The van der Waals surface area contributed by atoms with Crippen LogP contribution in [0.25, 0.3) is 0 Å². The van der Waals surface area contributed by atoms with Crippen molar-refractivity contribution in [3.63, 3.8) is 0 Å². The molecule has 2 rings (SSSR count). The van der Waals surface area contributed by atoms with E-state index in [0.29, 0.717) is 23.7 Å². The zero-order chi connectivity index (χ0) is 11.7. The van der Waals surface area contributed by atoms with E-state index in [1.165, 1.54) is 0 Å². The van der Waals surface area contributed by atoms with Gasteiger partial charge < -0.3 is 10.0 Å². The third-order valence-corrected chi connectivity index (χ3v) is 3.16. The molecule has 0 aromatic heterocycles. The van der Waals surface area contributed by atoms with E-state index in [0.717, 1.165) is 5.56 Å². The summed E-state index contributed by atoms with van der Waals surface area (Å²) in [4.78, 5) is 13.8. The number of aliphatic hydroxyl groups excluding tert-OH is 1. The topological polar surface area (TPSA) is 40.5 Å². The summed E-state index contributed by atoms with van der Waals surface area (Å²) in [6.07, 6.45) is 0. The molecule has 0 aliphatic carbocycles. The second kappa shape index (κ2) is 4.44. The summed E-state index contributed by atoms with van der Waals surface area (Å²) in [5.74, 6) is 0.274. The summed E-state index contributed by atoms with van der Waals surface area (Å²) in [5, 5.41) is 9.54. The molecular weight excluding hydrogens is 226 g/mol. The van der Waals surface area contributed by atoms with E-state index in [4.69, 9.17) is 16.7 Å². The lowest BCUT2D eigenvalue weighted by Crippen LogP contribution is -2.51. The number of nitrogens with zero attached hydrogens (tertiary/aromatic N) is 1. The normalized spacial score (nSPS) is 16.1. The Labute approximate surface area is 99.6 Å². The SMILES string of the molecule is Cc1cc(Cl)ccc1C(=O)N1CC(CO)C1. The van der Waals surface area contributed by atoms with E-state index in [-0.39, 0.29) is 18.4 Å². The van der Waals surface area contributed by atoms with Crippen LogP contribution >= 0.6 is 11.6 Å². The van der Waals surface area contributed by atoms with Crippen LogP contribution in [0.3, 0.4) is 0 Å². The number of rotatable bonds is 2. The zero-order valence-corrected chi connectivity index (χ0v) is 9.87. The van der Waals surface area contributed by atoms with Crippen molar-refractivity contribution in [3.8, 4) is 0 Å². The molecule has 4 heteroatoms. The number of carbonyl (C=O) groups excluding carboxylic acids is 1. The minimum absolute atomic E-state index is 0.0267. The third-order valence-electron chi connectivity index (χ3n) is 2.92. The quantitative estimate of drug-likeness (QED) is 0.854. The van der Waals surface area contributed by atoms with E-state index >= 15 is 0 Å². The molecule has 0 saturated carbocycles. The zero-order valence-electron chi connectivity index (χ0n) is 9.11. The van der Waals surface area contributed by atoms with Gasteiger partial charge >= 0.3 is 0 Å². The van der Waals surface area contributed by atoms with E-state index in [1.54, 1.807) is 23.1 Å². The summed E-state index contributed by atoms with van der Waals surface area (Å²) in [6, 6.07) is 5.27. The third kappa shape index (κ3) is 2.06. The van der Waals surface area contributed by atoms with Crippen LogP contribution in [0.2, 0.25) is 5.02 Å². The van der Waals surface area contributed by atoms with Crippen molar-refractivity contribution >= 4 is 17.5 Å². The van der Waals surface area contributed by atoms with Gasteiger partial charge in [0.25, 0.3) is 5.91 Å². The minimum atomic E-state index is 0.0267. The van der Waals surface area contributed by atoms with Crippen LogP contribution in [0.15, 0.2) is 18.2 Å². The van der Waals surface area contributed by atoms with Crippen LogP contribution in [0.4, 0.5) is 0 Å². The van der Waals surface area contributed by atoms with Crippen molar-refractivity contribution in [2.75, 3.05) is 19.7 Å². The molecule has 0 unspecified atom stereocenters. The average Bonchev–Trinajstić information content (AvgIpc) is 2.15. The molecule has 1 aromatic rings. The predicted octanol–water partition coefficient (Wildman–Crippen LogP) is 1.71. The van der Waals surface area contributed by atoms with Crippen molar-refractivity contribution in [2.24, 2.45) is 5.92 Å². The Kier molecular flexibility index (Phi) is 3.17. The standard InChI is InChI=1S/C12H14ClNO2/c1-8-4-10(13)2-3-11(8)12(16)14-5-9(6-14)7-15/h2-4,9,15H,5-7H2,1H3. The molecule has 0 radical (unpaired) electrons. The molecule has 1 aliphatic rings. The molecule has 86 valence electrons. The monoisotopic (exact) mass is 239 g/mol. The fourth-order valence-electron chi connectivity index (χ4n) is 1.89. The molecule has 16 heavy (non-hydrogen) atoms. The Morgan fingerprint density at radius 1 is 1.56 bits per heavy atom. The molecule has 1 saturated heterocycles. The number of aliphatic hydroxyl groups is 1. The fourth-order valence-corrected chi connectivity index (χ4v) is 2.12. The Hall–Kier alpha value is -1.06. The first kappa shape index (κ1) is 11.4. The summed E-state index contributed by atoms with van der Waals surface area (Å²) in [6.45, 7) is 3.33. The van der Waals surface area contributed by atoms with Gasteiger partial charge in [-0.3, -0.25) is 4.79 Å². The smallest absolute Gasteiger partial charge is 0.254 e. The van der Waals surface area contributed by atoms with Gasteiger partial charge in [0.05, 0.1) is 0 Å². The van der Waals surface area contributed by atoms with Crippen molar-refractivity contribution < 1.29 is 9.90 Å². The lowest BCUT2D eigenvalue weighted by atomic mass is 9.98. The second-order valence-electron chi connectivity index (χ2n) is 4.22.